The van der Waals surface area contributed by atoms with E-state index < -0.39 is 34.8 Å². The normalized spacial score (nSPS) is 10.0. The van der Waals surface area contributed by atoms with Crippen molar-refractivity contribution < 1.29 is 24.0 Å². The molecule has 0 fully saturated rings. The van der Waals surface area contributed by atoms with Crippen LogP contribution < -0.4 is 16.2 Å². The van der Waals surface area contributed by atoms with Crippen molar-refractivity contribution >= 4 is 29.2 Å². The van der Waals surface area contributed by atoms with Crippen LogP contribution >= 0.6 is 0 Å². The molecule has 0 aliphatic carbocycles. The first kappa shape index (κ1) is 20.3. The second kappa shape index (κ2) is 9.07. The van der Waals surface area contributed by atoms with Gasteiger partial charge in [0.1, 0.15) is 13.1 Å². The van der Waals surface area contributed by atoms with Crippen molar-refractivity contribution in [3.63, 3.8) is 0 Å². The second-order valence-electron chi connectivity index (χ2n) is 5.49. The lowest BCUT2D eigenvalue weighted by Crippen LogP contribution is -2.30. The van der Waals surface area contributed by atoms with Crippen LogP contribution in [0.2, 0.25) is 0 Å². The lowest BCUT2D eigenvalue weighted by Gasteiger charge is -2.08. The molecule has 28 heavy (non-hydrogen) atoms. The number of carbonyl (C=O) groups is 3. The van der Waals surface area contributed by atoms with Crippen LogP contribution in [0, 0.1) is 10.1 Å². The summed E-state index contributed by atoms with van der Waals surface area (Å²) in [7, 11) is 1.20. The molecule has 2 N–H and O–H groups in total. The van der Waals surface area contributed by atoms with Gasteiger partial charge in [0.25, 0.3) is 17.2 Å². The standard InChI is InChI=1S/C17H16N4O7/c1-28-16(24)8-18-17(25)11-2-4-12(5-3-11)19-14(22)10-20-9-13(21(26)27)6-7-15(20)23/h2-7,9H,8,10H2,1H3,(H,18,25)(H,19,22). The number of ether oxygens (including phenoxy) is 1. The SMILES string of the molecule is COC(=O)CNC(=O)c1ccc(NC(=O)Cn2cc([N+](=O)[O-])ccc2=O)cc1. The summed E-state index contributed by atoms with van der Waals surface area (Å²) in [5, 5.41) is 15.6. The molecule has 0 spiro atoms. The first-order chi connectivity index (χ1) is 13.3. The van der Waals surface area contributed by atoms with E-state index in [4.69, 9.17) is 0 Å². The number of nitro groups is 1. The fraction of sp³-hybridized carbons (Fsp3) is 0.176. The first-order valence-electron chi connectivity index (χ1n) is 7.90. The van der Waals surface area contributed by atoms with E-state index >= 15 is 0 Å². The molecule has 0 bridgehead atoms. The number of benzene rings is 1. The molecule has 2 amide bonds. The van der Waals surface area contributed by atoms with Gasteiger partial charge in [0.2, 0.25) is 5.91 Å². The fourth-order valence-electron chi connectivity index (χ4n) is 2.14. The van der Waals surface area contributed by atoms with Gasteiger partial charge in [-0.2, -0.15) is 0 Å². The Labute approximate surface area is 158 Å². The van der Waals surface area contributed by atoms with Crippen molar-refractivity contribution in [1.29, 1.82) is 0 Å². The molecule has 146 valence electrons. The Balaban J connectivity index is 1.98. The van der Waals surface area contributed by atoms with Gasteiger partial charge in [-0.05, 0) is 24.3 Å². The van der Waals surface area contributed by atoms with E-state index in [0.29, 0.717) is 5.69 Å². The largest absolute Gasteiger partial charge is 0.468 e. The van der Waals surface area contributed by atoms with Gasteiger partial charge in [0, 0.05) is 23.4 Å². The van der Waals surface area contributed by atoms with Crippen molar-refractivity contribution in [3.8, 4) is 0 Å². The molecule has 0 atom stereocenters. The highest BCUT2D eigenvalue weighted by Crippen LogP contribution is 2.10. The zero-order valence-corrected chi connectivity index (χ0v) is 14.7. The van der Waals surface area contributed by atoms with Crippen LogP contribution in [-0.4, -0.2) is 40.9 Å². The van der Waals surface area contributed by atoms with Crippen LogP contribution in [0.1, 0.15) is 10.4 Å². The predicted molar refractivity (Wildman–Crippen MR) is 96.8 cm³/mol. The Morgan fingerprint density at radius 3 is 2.43 bits per heavy atom. The Hall–Kier alpha value is -4.02. The first-order valence-corrected chi connectivity index (χ1v) is 7.90. The minimum absolute atomic E-state index is 0.261. The Morgan fingerprint density at radius 1 is 1.14 bits per heavy atom. The third-order valence-electron chi connectivity index (χ3n) is 3.54. The molecular formula is C17H16N4O7. The fourth-order valence-corrected chi connectivity index (χ4v) is 2.14. The third-order valence-corrected chi connectivity index (χ3v) is 3.54. The Bertz CT molecular complexity index is 966. The average molecular weight is 388 g/mol. The number of rotatable bonds is 7. The quantitative estimate of drug-likeness (QED) is 0.393. The number of hydrogen-bond acceptors (Lipinski definition) is 7. The zero-order valence-electron chi connectivity index (χ0n) is 14.7. The molecule has 1 aromatic carbocycles. The number of esters is 1. The number of anilines is 1. The molecule has 0 saturated heterocycles. The molecule has 11 heteroatoms. The van der Waals surface area contributed by atoms with E-state index in [-0.39, 0.29) is 17.8 Å². The number of hydrogen-bond donors (Lipinski definition) is 2. The summed E-state index contributed by atoms with van der Waals surface area (Å²) < 4.78 is 5.33. The lowest BCUT2D eigenvalue weighted by molar-refractivity contribution is -0.385. The van der Waals surface area contributed by atoms with Gasteiger partial charge >= 0.3 is 5.97 Å². The van der Waals surface area contributed by atoms with Crippen LogP contribution in [0.25, 0.3) is 0 Å². The minimum atomic E-state index is -0.669. The highest BCUT2D eigenvalue weighted by atomic mass is 16.6. The monoisotopic (exact) mass is 388 g/mol. The van der Waals surface area contributed by atoms with Crippen LogP contribution in [-0.2, 0) is 20.9 Å². The van der Waals surface area contributed by atoms with Gasteiger partial charge in [0.15, 0.2) is 0 Å². The molecular weight excluding hydrogens is 372 g/mol. The molecule has 1 heterocycles. The topological polar surface area (TPSA) is 150 Å². The highest BCUT2D eigenvalue weighted by Gasteiger charge is 2.12. The van der Waals surface area contributed by atoms with Crippen molar-refractivity contribution in [2.45, 2.75) is 6.54 Å². The van der Waals surface area contributed by atoms with Crippen molar-refractivity contribution in [2.75, 3.05) is 19.0 Å². The summed E-state index contributed by atoms with van der Waals surface area (Å²) in [6.45, 7) is -0.687. The molecule has 2 rings (SSSR count). The summed E-state index contributed by atoms with van der Waals surface area (Å²) in [5.74, 6) is -1.66. The van der Waals surface area contributed by atoms with Gasteiger partial charge in [-0.1, -0.05) is 0 Å². The van der Waals surface area contributed by atoms with Gasteiger partial charge in [0.05, 0.1) is 18.2 Å². The predicted octanol–water partition coefficient (Wildman–Crippen LogP) is 0.298. The maximum atomic E-state index is 12.1. The Morgan fingerprint density at radius 2 is 1.82 bits per heavy atom. The molecule has 0 saturated carbocycles. The number of pyridine rings is 1. The van der Waals surface area contributed by atoms with Crippen LogP contribution in [0.3, 0.4) is 0 Å². The summed E-state index contributed by atoms with van der Waals surface area (Å²) in [5.41, 5.74) is -0.252. The summed E-state index contributed by atoms with van der Waals surface area (Å²) in [6, 6.07) is 7.85. The zero-order chi connectivity index (χ0) is 20.7. The highest BCUT2D eigenvalue weighted by molar-refractivity contribution is 5.97. The molecule has 0 aliphatic heterocycles. The molecule has 0 aliphatic rings. The maximum absolute atomic E-state index is 12.1. The number of amides is 2. The van der Waals surface area contributed by atoms with Crippen molar-refractivity contribution in [2.24, 2.45) is 0 Å². The smallest absolute Gasteiger partial charge is 0.325 e. The van der Waals surface area contributed by atoms with E-state index in [1.165, 1.54) is 31.4 Å². The van der Waals surface area contributed by atoms with Crippen LogP contribution in [0.5, 0.6) is 0 Å². The maximum Gasteiger partial charge on any atom is 0.325 e. The van der Waals surface area contributed by atoms with E-state index in [9.17, 15) is 29.3 Å². The van der Waals surface area contributed by atoms with Crippen molar-refractivity contribution in [1.82, 2.24) is 9.88 Å². The molecule has 0 unspecified atom stereocenters. The van der Waals surface area contributed by atoms with Gasteiger partial charge in [-0.15, -0.1) is 0 Å². The van der Waals surface area contributed by atoms with Gasteiger partial charge < -0.3 is 15.4 Å². The van der Waals surface area contributed by atoms with E-state index in [2.05, 4.69) is 15.4 Å². The number of nitrogens with zero attached hydrogens (tertiary/aromatic N) is 2. The molecule has 0 radical (unpaired) electrons. The van der Waals surface area contributed by atoms with Gasteiger partial charge in [-0.3, -0.25) is 33.9 Å². The van der Waals surface area contributed by atoms with E-state index in [1.807, 2.05) is 0 Å². The molecule has 11 nitrogen and oxygen atoms in total. The van der Waals surface area contributed by atoms with E-state index in [1.54, 1.807) is 0 Å². The van der Waals surface area contributed by atoms with Crippen LogP contribution in [0.15, 0.2) is 47.4 Å². The summed E-state index contributed by atoms with van der Waals surface area (Å²) in [6.07, 6.45) is 0.983. The second-order valence-corrected chi connectivity index (χ2v) is 5.49. The molecule has 1 aromatic heterocycles. The summed E-state index contributed by atoms with van der Waals surface area (Å²) in [4.78, 5) is 56.8. The molecule has 2 aromatic rings. The lowest BCUT2D eigenvalue weighted by atomic mass is 10.2. The minimum Gasteiger partial charge on any atom is -0.468 e. The van der Waals surface area contributed by atoms with Crippen molar-refractivity contribution in [3.05, 3.63) is 68.6 Å². The number of methoxy groups -OCH3 is 1. The van der Waals surface area contributed by atoms with E-state index in [0.717, 1.165) is 22.9 Å². The number of nitrogens with one attached hydrogen (secondary N) is 2. The van der Waals surface area contributed by atoms with Gasteiger partial charge in [-0.25, -0.2) is 0 Å². The van der Waals surface area contributed by atoms with Crippen LogP contribution in [0.4, 0.5) is 11.4 Å². The average Bonchev–Trinajstić information content (AvgIpc) is 2.67. The number of aromatic nitrogens is 1. The number of carbonyl (C=O) groups excluding carboxylic acids is 3. The Kier molecular flexibility index (Phi) is 6.58. The third kappa shape index (κ3) is 5.49. The summed E-state index contributed by atoms with van der Waals surface area (Å²) >= 11 is 0.